The van der Waals surface area contributed by atoms with Crippen molar-refractivity contribution in [2.45, 2.75) is 29.3 Å². The molecule has 1 aromatic heterocycles. The van der Waals surface area contributed by atoms with Gasteiger partial charge in [0.15, 0.2) is 0 Å². The molecule has 2 aromatic carbocycles. The van der Waals surface area contributed by atoms with E-state index in [4.69, 9.17) is 4.74 Å². The van der Waals surface area contributed by atoms with E-state index < -0.39 is 0 Å². The molecule has 2 heterocycles. The first-order chi connectivity index (χ1) is 15.6. The van der Waals surface area contributed by atoms with E-state index in [1.165, 1.54) is 30.2 Å². The first-order valence-electron chi connectivity index (χ1n) is 10.5. The number of hydrogen-bond donors (Lipinski definition) is 1. The molecule has 3 aromatic rings. The van der Waals surface area contributed by atoms with Gasteiger partial charge in [0, 0.05) is 36.5 Å². The summed E-state index contributed by atoms with van der Waals surface area (Å²) >= 11 is 1.40. The molecule has 1 aliphatic rings. The van der Waals surface area contributed by atoms with Gasteiger partial charge in [-0.25, -0.2) is 14.4 Å². The second-order valence-electron chi connectivity index (χ2n) is 7.60. The number of benzene rings is 2. The summed E-state index contributed by atoms with van der Waals surface area (Å²) in [5.41, 5.74) is 1.04. The normalized spacial score (nSPS) is 14.2. The van der Waals surface area contributed by atoms with Crippen LogP contribution in [-0.4, -0.2) is 36.1 Å². The van der Waals surface area contributed by atoms with Crippen molar-refractivity contribution in [3.05, 3.63) is 72.3 Å². The van der Waals surface area contributed by atoms with Crippen LogP contribution in [0.25, 0.3) is 0 Å². The molecule has 0 atom stereocenters. The molecule has 1 aliphatic heterocycles. The highest BCUT2D eigenvalue weighted by molar-refractivity contribution is 7.99. The first kappa shape index (κ1) is 22.1. The van der Waals surface area contributed by atoms with Crippen LogP contribution in [-0.2, 0) is 11.3 Å². The summed E-state index contributed by atoms with van der Waals surface area (Å²) in [6.45, 7) is 2.01. The molecule has 1 fully saturated rings. The number of carbonyl (C=O) groups is 1. The summed E-state index contributed by atoms with van der Waals surface area (Å²) in [4.78, 5) is 24.3. The molecule has 0 unspecified atom stereocenters. The molecule has 1 N–H and O–H groups in total. The number of carbonyl (C=O) groups excluding carboxylic acids is 1. The number of rotatable bonds is 7. The van der Waals surface area contributed by atoms with Crippen molar-refractivity contribution in [3.8, 4) is 5.75 Å². The fraction of sp³-hybridized carbons (Fsp3) is 0.292. The molecule has 4 rings (SSSR count). The first-order valence-corrected chi connectivity index (χ1v) is 11.3. The minimum atomic E-state index is -0.267. The van der Waals surface area contributed by atoms with Crippen LogP contribution in [0.2, 0.25) is 0 Å². The summed E-state index contributed by atoms with van der Waals surface area (Å²) in [7, 11) is 1.63. The Morgan fingerprint density at radius 3 is 2.66 bits per heavy atom. The highest BCUT2D eigenvalue weighted by Gasteiger charge is 2.25. The Morgan fingerprint density at radius 2 is 1.94 bits per heavy atom. The van der Waals surface area contributed by atoms with Gasteiger partial charge in [-0.15, -0.1) is 0 Å². The molecular weight excluding hydrogens is 427 g/mol. The zero-order chi connectivity index (χ0) is 22.3. The number of hydrogen-bond acceptors (Lipinski definition) is 6. The van der Waals surface area contributed by atoms with Gasteiger partial charge in [0.25, 0.3) is 0 Å². The average Bonchev–Trinajstić information content (AvgIpc) is 2.83. The van der Waals surface area contributed by atoms with Gasteiger partial charge in [-0.1, -0.05) is 30.0 Å². The number of nitrogens with one attached hydrogen (secondary N) is 1. The maximum atomic E-state index is 13.4. The van der Waals surface area contributed by atoms with E-state index in [0.29, 0.717) is 6.54 Å². The van der Waals surface area contributed by atoms with Gasteiger partial charge >= 0.3 is 0 Å². The minimum absolute atomic E-state index is 0.00697. The van der Waals surface area contributed by atoms with Crippen molar-refractivity contribution in [2.75, 3.05) is 25.1 Å². The monoisotopic (exact) mass is 452 g/mol. The summed E-state index contributed by atoms with van der Waals surface area (Å²) in [5.74, 6) is 1.44. The Labute approximate surface area is 191 Å². The molecule has 8 heteroatoms. The van der Waals surface area contributed by atoms with Crippen LogP contribution in [0.1, 0.15) is 18.4 Å². The third-order valence-corrected chi connectivity index (χ3v) is 6.38. The van der Waals surface area contributed by atoms with Crippen LogP contribution in [0.3, 0.4) is 0 Å². The molecule has 0 spiro atoms. The Kier molecular flexibility index (Phi) is 7.21. The lowest BCUT2D eigenvalue weighted by Crippen LogP contribution is -2.40. The number of methoxy groups -OCH3 is 1. The smallest absolute Gasteiger partial charge is 0.223 e. The largest absolute Gasteiger partial charge is 0.497 e. The average molecular weight is 453 g/mol. The molecule has 166 valence electrons. The van der Waals surface area contributed by atoms with Crippen molar-refractivity contribution < 1.29 is 13.9 Å². The van der Waals surface area contributed by atoms with Crippen molar-refractivity contribution in [1.29, 1.82) is 0 Å². The Hall–Kier alpha value is -3.13. The van der Waals surface area contributed by atoms with Crippen LogP contribution >= 0.6 is 11.8 Å². The maximum Gasteiger partial charge on any atom is 0.223 e. The lowest BCUT2D eigenvalue weighted by molar-refractivity contribution is -0.125. The predicted octanol–water partition coefficient (Wildman–Crippen LogP) is 4.31. The number of amides is 1. The van der Waals surface area contributed by atoms with Crippen LogP contribution < -0.4 is 15.0 Å². The van der Waals surface area contributed by atoms with E-state index in [0.717, 1.165) is 53.0 Å². The van der Waals surface area contributed by atoms with Crippen molar-refractivity contribution >= 4 is 23.5 Å². The van der Waals surface area contributed by atoms with Crippen LogP contribution in [0.15, 0.2) is 70.8 Å². The number of ether oxygens (including phenoxy) is 1. The molecule has 0 bridgehead atoms. The topological polar surface area (TPSA) is 67.3 Å². The zero-order valence-electron chi connectivity index (χ0n) is 17.8. The van der Waals surface area contributed by atoms with Gasteiger partial charge in [0.1, 0.15) is 28.7 Å². The van der Waals surface area contributed by atoms with E-state index in [1.807, 2.05) is 36.4 Å². The molecule has 1 saturated heterocycles. The second-order valence-corrected chi connectivity index (χ2v) is 8.69. The fourth-order valence-electron chi connectivity index (χ4n) is 3.66. The molecule has 0 aliphatic carbocycles. The van der Waals surface area contributed by atoms with E-state index in [-0.39, 0.29) is 17.6 Å². The number of piperidine rings is 1. The molecule has 6 nitrogen and oxygen atoms in total. The number of nitrogens with zero attached hydrogens (tertiary/aromatic N) is 3. The maximum absolute atomic E-state index is 13.4. The van der Waals surface area contributed by atoms with Gasteiger partial charge < -0.3 is 15.0 Å². The highest BCUT2D eigenvalue weighted by atomic mass is 32.2. The lowest BCUT2D eigenvalue weighted by atomic mass is 9.96. The summed E-state index contributed by atoms with van der Waals surface area (Å²) in [6.07, 6.45) is 3.07. The molecule has 32 heavy (non-hydrogen) atoms. The second kappa shape index (κ2) is 10.5. The van der Waals surface area contributed by atoms with Gasteiger partial charge in [0.2, 0.25) is 5.91 Å². The van der Waals surface area contributed by atoms with Gasteiger partial charge in [-0.2, -0.15) is 0 Å². The van der Waals surface area contributed by atoms with Gasteiger partial charge in [-0.05, 0) is 48.7 Å². The third-order valence-electron chi connectivity index (χ3n) is 5.46. The molecule has 0 radical (unpaired) electrons. The van der Waals surface area contributed by atoms with Crippen molar-refractivity contribution in [1.82, 2.24) is 15.3 Å². The van der Waals surface area contributed by atoms with E-state index >= 15 is 0 Å². The quantitative estimate of drug-likeness (QED) is 0.539. The van der Waals surface area contributed by atoms with Gasteiger partial charge in [-0.3, -0.25) is 4.79 Å². The van der Waals surface area contributed by atoms with E-state index in [1.54, 1.807) is 13.2 Å². The number of aromatic nitrogens is 2. The lowest BCUT2D eigenvalue weighted by Gasteiger charge is -2.32. The summed E-state index contributed by atoms with van der Waals surface area (Å²) in [5, 5.41) is 3.81. The Bertz CT molecular complexity index is 1060. The standard InChI is InChI=1S/C24H25FN4O2S/c1-31-20-7-5-17(6-8-20)15-26-24(30)18-9-11-29(12-10-18)22-14-23(28-16-27-22)32-21-4-2-3-19(25)13-21/h2-8,13-14,16,18H,9-12,15H2,1H3,(H,26,30). The molecule has 0 saturated carbocycles. The fourth-order valence-corrected chi connectivity index (χ4v) is 4.48. The van der Waals surface area contributed by atoms with Crippen LogP contribution in [0, 0.1) is 11.7 Å². The summed E-state index contributed by atoms with van der Waals surface area (Å²) < 4.78 is 18.6. The summed E-state index contributed by atoms with van der Waals surface area (Å²) in [6, 6.07) is 16.1. The molecule has 1 amide bonds. The SMILES string of the molecule is COc1ccc(CNC(=O)C2CCN(c3cc(Sc4cccc(F)c4)ncn3)CC2)cc1. The number of anilines is 1. The Balaban J connectivity index is 1.28. The molecular formula is C24H25FN4O2S. The van der Waals surface area contributed by atoms with Crippen LogP contribution in [0.4, 0.5) is 10.2 Å². The third kappa shape index (κ3) is 5.76. The van der Waals surface area contributed by atoms with Gasteiger partial charge in [0.05, 0.1) is 7.11 Å². The van der Waals surface area contributed by atoms with Crippen molar-refractivity contribution in [2.24, 2.45) is 5.92 Å². The predicted molar refractivity (Wildman–Crippen MR) is 122 cm³/mol. The number of halogens is 1. The van der Waals surface area contributed by atoms with Crippen molar-refractivity contribution in [3.63, 3.8) is 0 Å². The highest BCUT2D eigenvalue weighted by Crippen LogP contribution is 2.29. The van der Waals surface area contributed by atoms with E-state index in [2.05, 4.69) is 20.2 Å². The zero-order valence-corrected chi connectivity index (χ0v) is 18.6. The minimum Gasteiger partial charge on any atom is -0.497 e. The Morgan fingerprint density at radius 1 is 1.16 bits per heavy atom. The van der Waals surface area contributed by atoms with E-state index in [9.17, 15) is 9.18 Å². The van der Waals surface area contributed by atoms with Crippen LogP contribution in [0.5, 0.6) is 5.75 Å².